The first-order chi connectivity index (χ1) is 13.8. The minimum absolute atomic E-state index is 0.0400. The van der Waals surface area contributed by atoms with Crippen LogP contribution in [0.4, 0.5) is 13.2 Å². The molecule has 9 heteroatoms. The van der Waals surface area contributed by atoms with Crippen molar-refractivity contribution in [1.82, 2.24) is 19.6 Å². The summed E-state index contributed by atoms with van der Waals surface area (Å²) in [6.07, 6.45) is -4.47. The quantitative estimate of drug-likeness (QED) is 0.754. The Bertz CT molecular complexity index is 725. The fourth-order valence-corrected chi connectivity index (χ4v) is 3.72. The van der Waals surface area contributed by atoms with E-state index in [1.54, 1.807) is 4.90 Å². The van der Waals surface area contributed by atoms with Gasteiger partial charge >= 0.3 is 6.18 Å². The Balaban J connectivity index is 1.49. The molecule has 0 aromatic heterocycles. The normalized spacial score (nSPS) is 19.4. The molecule has 0 unspecified atom stereocenters. The van der Waals surface area contributed by atoms with Gasteiger partial charge in [-0.05, 0) is 24.7 Å². The summed E-state index contributed by atoms with van der Waals surface area (Å²) in [6.45, 7) is 8.53. The van der Waals surface area contributed by atoms with Crippen LogP contribution in [0.5, 0.6) is 0 Å². The molecule has 0 saturated carbocycles. The predicted octanol–water partition coefficient (Wildman–Crippen LogP) is 1.63. The van der Waals surface area contributed by atoms with Gasteiger partial charge in [-0.2, -0.15) is 13.2 Å². The van der Waals surface area contributed by atoms with Crippen molar-refractivity contribution in [2.24, 2.45) is 0 Å². The number of rotatable bonds is 4. The number of carbonyl (C=O) groups is 2. The van der Waals surface area contributed by atoms with Crippen LogP contribution in [0.2, 0.25) is 0 Å². The molecule has 0 aliphatic carbocycles. The number of alkyl halides is 3. The maximum Gasteiger partial charge on any atom is 0.416 e. The highest BCUT2D eigenvalue weighted by Gasteiger charge is 2.32. The van der Waals surface area contributed by atoms with Crippen LogP contribution in [0.25, 0.3) is 0 Å². The molecular weight excluding hydrogens is 385 g/mol. The van der Waals surface area contributed by atoms with Crippen LogP contribution in [0.15, 0.2) is 24.3 Å². The molecule has 0 N–H and O–H groups in total. The lowest BCUT2D eigenvalue weighted by molar-refractivity contribution is -0.137. The Morgan fingerprint density at radius 1 is 0.897 bits per heavy atom. The van der Waals surface area contributed by atoms with Crippen LogP contribution < -0.4 is 0 Å². The van der Waals surface area contributed by atoms with Crippen LogP contribution in [0.1, 0.15) is 22.8 Å². The van der Waals surface area contributed by atoms with Crippen molar-refractivity contribution >= 4 is 11.8 Å². The van der Waals surface area contributed by atoms with E-state index < -0.39 is 17.6 Å². The van der Waals surface area contributed by atoms with Crippen molar-refractivity contribution in [3.63, 3.8) is 0 Å². The highest BCUT2D eigenvalue weighted by atomic mass is 19.4. The molecule has 0 spiro atoms. The van der Waals surface area contributed by atoms with Crippen molar-refractivity contribution in [2.75, 3.05) is 65.4 Å². The molecule has 1 aromatic rings. The SMILES string of the molecule is CCN1CCN(C(=O)CN2CCN(C(=O)c3cccc(C(F)(F)F)c3)CC2)CC1. The second-order valence-corrected chi connectivity index (χ2v) is 7.46. The van der Waals surface area contributed by atoms with Gasteiger partial charge in [0.15, 0.2) is 0 Å². The van der Waals surface area contributed by atoms with Crippen LogP contribution in [0, 0.1) is 0 Å². The van der Waals surface area contributed by atoms with E-state index in [-0.39, 0.29) is 11.5 Å². The second-order valence-electron chi connectivity index (χ2n) is 7.46. The summed E-state index contributed by atoms with van der Waals surface area (Å²) in [4.78, 5) is 32.8. The standard InChI is InChI=1S/C20H27F3N4O2/c1-2-24-6-10-26(11-7-24)18(28)15-25-8-12-27(13-9-25)19(29)16-4-3-5-17(14-16)20(21,22)23/h3-5,14H,2,6-13,15H2,1H3. The number of halogens is 3. The van der Waals surface area contributed by atoms with Crippen LogP contribution in [-0.4, -0.2) is 96.9 Å². The van der Waals surface area contributed by atoms with Crippen LogP contribution >= 0.6 is 0 Å². The number of carbonyl (C=O) groups excluding carboxylic acids is 2. The zero-order chi connectivity index (χ0) is 21.0. The number of piperazine rings is 2. The van der Waals surface area contributed by atoms with E-state index >= 15 is 0 Å². The summed E-state index contributed by atoms with van der Waals surface area (Å²) < 4.78 is 38.6. The van der Waals surface area contributed by atoms with E-state index in [4.69, 9.17) is 0 Å². The lowest BCUT2D eigenvalue weighted by atomic mass is 10.1. The van der Waals surface area contributed by atoms with E-state index in [0.717, 1.165) is 44.9 Å². The first-order valence-corrected chi connectivity index (χ1v) is 9.97. The summed E-state index contributed by atoms with van der Waals surface area (Å²) in [5, 5.41) is 0. The fraction of sp³-hybridized carbons (Fsp3) is 0.600. The number of benzene rings is 1. The molecular formula is C20H27F3N4O2. The van der Waals surface area contributed by atoms with E-state index in [0.29, 0.717) is 32.7 Å². The van der Waals surface area contributed by atoms with Gasteiger partial charge < -0.3 is 14.7 Å². The summed E-state index contributed by atoms with van der Waals surface area (Å²) >= 11 is 0. The third-order valence-corrected chi connectivity index (χ3v) is 5.63. The van der Waals surface area contributed by atoms with E-state index in [2.05, 4.69) is 11.8 Å². The van der Waals surface area contributed by atoms with E-state index in [9.17, 15) is 22.8 Å². The highest BCUT2D eigenvalue weighted by Crippen LogP contribution is 2.29. The van der Waals surface area contributed by atoms with E-state index in [1.807, 2.05) is 9.80 Å². The van der Waals surface area contributed by atoms with Crippen molar-refractivity contribution in [1.29, 1.82) is 0 Å². The zero-order valence-electron chi connectivity index (χ0n) is 16.6. The van der Waals surface area contributed by atoms with Crippen LogP contribution in [-0.2, 0) is 11.0 Å². The van der Waals surface area contributed by atoms with Crippen molar-refractivity contribution in [3.8, 4) is 0 Å². The number of likely N-dealkylation sites (N-methyl/N-ethyl adjacent to an activating group) is 1. The average Bonchev–Trinajstić information content (AvgIpc) is 2.73. The summed E-state index contributed by atoms with van der Waals surface area (Å²) in [7, 11) is 0. The highest BCUT2D eigenvalue weighted by molar-refractivity contribution is 5.94. The molecule has 0 radical (unpaired) electrons. The summed E-state index contributed by atoms with van der Waals surface area (Å²) in [5.74, 6) is -0.309. The Labute approximate surface area is 168 Å². The maximum atomic E-state index is 12.9. The fourth-order valence-electron chi connectivity index (χ4n) is 3.72. The molecule has 2 heterocycles. The maximum absolute atomic E-state index is 12.9. The number of hydrogen-bond donors (Lipinski definition) is 0. The third-order valence-electron chi connectivity index (χ3n) is 5.63. The first kappa shape index (κ1) is 21.6. The van der Waals surface area contributed by atoms with Gasteiger partial charge in [0.25, 0.3) is 5.91 Å². The van der Waals surface area contributed by atoms with Gasteiger partial charge in [-0.1, -0.05) is 13.0 Å². The Kier molecular flexibility index (Phi) is 6.79. The predicted molar refractivity (Wildman–Crippen MR) is 102 cm³/mol. The molecule has 2 amide bonds. The lowest BCUT2D eigenvalue weighted by Crippen LogP contribution is -2.54. The van der Waals surface area contributed by atoms with Crippen molar-refractivity contribution in [2.45, 2.75) is 13.1 Å². The van der Waals surface area contributed by atoms with Gasteiger partial charge in [0, 0.05) is 57.9 Å². The second kappa shape index (κ2) is 9.13. The molecule has 0 atom stereocenters. The summed E-state index contributed by atoms with van der Waals surface area (Å²) in [6, 6.07) is 4.52. The molecule has 2 fully saturated rings. The molecule has 1 aromatic carbocycles. The molecule has 3 rings (SSSR count). The average molecular weight is 412 g/mol. The molecule has 2 saturated heterocycles. The Hall–Kier alpha value is -2.13. The Morgan fingerprint density at radius 2 is 1.48 bits per heavy atom. The van der Waals surface area contributed by atoms with Gasteiger partial charge in [-0.3, -0.25) is 14.5 Å². The molecule has 29 heavy (non-hydrogen) atoms. The van der Waals surface area contributed by atoms with Gasteiger partial charge in [-0.15, -0.1) is 0 Å². The first-order valence-electron chi connectivity index (χ1n) is 9.97. The van der Waals surface area contributed by atoms with Crippen molar-refractivity contribution < 1.29 is 22.8 Å². The van der Waals surface area contributed by atoms with Crippen LogP contribution in [0.3, 0.4) is 0 Å². The molecule has 2 aliphatic rings. The monoisotopic (exact) mass is 412 g/mol. The molecule has 160 valence electrons. The van der Waals surface area contributed by atoms with Gasteiger partial charge in [0.2, 0.25) is 5.91 Å². The topological polar surface area (TPSA) is 47.1 Å². The minimum Gasteiger partial charge on any atom is -0.339 e. The largest absolute Gasteiger partial charge is 0.416 e. The Morgan fingerprint density at radius 3 is 2.07 bits per heavy atom. The molecule has 6 nitrogen and oxygen atoms in total. The van der Waals surface area contributed by atoms with Gasteiger partial charge in [0.05, 0.1) is 12.1 Å². The third kappa shape index (κ3) is 5.48. The zero-order valence-corrected chi connectivity index (χ0v) is 16.6. The summed E-state index contributed by atoms with van der Waals surface area (Å²) in [5.41, 5.74) is -0.783. The minimum atomic E-state index is -4.47. The number of amides is 2. The van der Waals surface area contributed by atoms with Gasteiger partial charge in [-0.25, -0.2) is 0 Å². The number of hydrogen-bond acceptors (Lipinski definition) is 4. The van der Waals surface area contributed by atoms with Gasteiger partial charge in [0.1, 0.15) is 0 Å². The number of nitrogens with zero attached hydrogens (tertiary/aromatic N) is 4. The molecule has 2 aliphatic heterocycles. The van der Waals surface area contributed by atoms with E-state index in [1.165, 1.54) is 12.1 Å². The van der Waals surface area contributed by atoms with Crippen molar-refractivity contribution in [3.05, 3.63) is 35.4 Å². The smallest absolute Gasteiger partial charge is 0.339 e. The molecule has 0 bridgehead atoms. The lowest BCUT2D eigenvalue weighted by Gasteiger charge is -2.37.